The first-order chi connectivity index (χ1) is 5.20. The van der Waals surface area contributed by atoms with E-state index in [0.717, 1.165) is 6.42 Å². The van der Waals surface area contributed by atoms with Gasteiger partial charge in [0.1, 0.15) is 0 Å². The van der Waals surface area contributed by atoms with E-state index in [9.17, 15) is 0 Å². The first-order valence-corrected chi connectivity index (χ1v) is 3.94. The molecule has 2 atom stereocenters. The van der Waals surface area contributed by atoms with Gasteiger partial charge in [-0.2, -0.15) is 5.26 Å². The van der Waals surface area contributed by atoms with Gasteiger partial charge in [0.2, 0.25) is 0 Å². The summed E-state index contributed by atoms with van der Waals surface area (Å²) in [4.78, 5) is 0. The molecule has 0 heterocycles. The smallest absolute Gasteiger partial charge is 0.0666 e. The minimum Gasteiger partial charge on any atom is -0.396 e. The van der Waals surface area contributed by atoms with Crippen LogP contribution in [0.3, 0.4) is 0 Å². The molecule has 0 rings (SSSR count). The van der Waals surface area contributed by atoms with Crippen LogP contribution in [0.1, 0.15) is 20.3 Å². The van der Waals surface area contributed by atoms with Gasteiger partial charge in [-0.25, -0.2) is 0 Å². The highest BCUT2D eigenvalue weighted by molar-refractivity contribution is 4.80. The van der Waals surface area contributed by atoms with Crippen molar-refractivity contribution in [2.45, 2.75) is 26.3 Å². The van der Waals surface area contributed by atoms with E-state index in [4.69, 9.17) is 10.4 Å². The topological polar surface area (TPSA) is 56.0 Å². The molecule has 0 spiro atoms. The van der Waals surface area contributed by atoms with Crippen molar-refractivity contribution in [3.8, 4) is 6.07 Å². The lowest BCUT2D eigenvalue weighted by Gasteiger charge is -2.12. The molecule has 0 saturated carbocycles. The van der Waals surface area contributed by atoms with E-state index in [1.54, 1.807) is 0 Å². The Kier molecular flexibility index (Phi) is 5.81. The van der Waals surface area contributed by atoms with Gasteiger partial charge in [0.25, 0.3) is 0 Å². The third kappa shape index (κ3) is 5.84. The molecule has 0 amide bonds. The average molecular weight is 156 g/mol. The summed E-state index contributed by atoms with van der Waals surface area (Å²) in [6.07, 6.45) is 0.748. The van der Waals surface area contributed by atoms with Crippen molar-refractivity contribution in [1.29, 1.82) is 5.26 Å². The quantitative estimate of drug-likeness (QED) is 0.609. The molecule has 3 heteroatoms. The number of aliphatic hydroxyl groups excluding tert-OH is 1. The lowest BCUT2D eigenvalue weighted by atomic mass is 10.2. The van der Waals surface area contributed by atoms with Crippen LogP contribution in [-0.2, 0) is 0 Å². The predicted molar refractivity (Wildman–Crippen MR) is 43.9 cm³/mol. The van der Waals surface area contributed by atoms with E-state index in [-0.39, 0.29) is 12.5 Å². The lowest BCUT2D eigenvalue weighted by molar-refractivity contribution is 0.268. The van der Waals surface area contributed by atoms with Gasteiger partial charge in [-0.15, -0.1) is 0 Å². The maximum atomic E-state index is 8.55. The van der Waals surface area contributed by atoms with Crippen LogP contribution >= 0.6 is 0 Å². The van der Waals surface area contributed by atoms with Gasteiger partial charge in [-0.1, -0.05) is 0 Å². The summed E-state index contributed by atoms with van der Waals surface area (Å²) >= 11 is 0. The SMILES string of the molecule is CC(C#N)CNC(C)CCO. The fraction of sp³-hybridized carbons (Fsp3) is 0.875. The summed E-state index contributed by atoms with van der Waals surface area (Å²) in [7, 11) is 0. The van der Waals surface area contributed by atoms with E-state index >= 15 is 0 Å². The molecule has 0 aliphatic carbocycles. The molecule has 64 valence electrons. The second-order valence-corrected chi connectivity index (χ2v) is 2.85. The standard InChI is InChI=1S/C8H16N2O/c1-7(5-9)6-10-8(2)3-4-11/h7-8,10-11H,3-4,6H2,1-2H3. The van der Waals surface area contributed by atoms with Gasteiger partial charge < -0.3 is 10.4 Å². The molecule has 0 aromatic heterocycles. The van der Waals surface area contributed by atoms with E-state index in [1.807, 2.05) is 13.8 Å². The third-order valence-electron chi connectivity index (χ3n) is 1.55. The van der Waals surface area contributed by atoms with Crippen LogP contribution in [0.15, 0.2) is 0 Å². The highest BCUT2D eigenvalue weighted by Gasteiger charge is 2.02. The second kappa shape index (κ2) is 6.14. The monoisotopic (exact) mass is 156 g/mol. The predicted octanol–water partition coefficient (Wildman–Crippen LogP) is 0.507. The zero-order valence-corrected chi connectivity index (χ0v) is 7.17. The molecule has 2 N–H and O–H groups in total. The number of hydrogen-bond acceptors (Lipinski definition) is 3. The molecule has 0 aromatic carbocycles. The minimum absolute atomic E-state index is 0.0520. The molecule has 2 unspecified atom stereocenters. The first kappa shape index (κ1) is 10.4. The summed E-state index contributed by atoms with van der Waals surface area (Å²) in [6, 6.07) is 2.44. The van der Waals surface area contributed by atoms with Crippen molar-refractivity contribution in [3.63, 3.8) is 0 Å². The van der Waals surface area contributed by atoms with Crippen molar-refractivity contribution in [2.24, 2.45) is 5.92 Å². The minimum atomic E-state index is 0.0520. The molecule has 0 radical (unpaired) electrons. The molecule has 0 fully saturated rings. The Hall–Kier alpha value is -0.590. The van der Waals surface area contributed by atoms with Crippen LogP contribution in [0, 0.1) is 17.2 Å². The van der Waals surface area contributed by atoms with Gasteiger partial charge in [-0.05, 0) is 20.3 Å². The van der Waals surface area contributed by atoms with E-state index in [1.165, 1.54) is 0 Å². The number of nitriles is 1. The molecule has 0 aliphatic heterocycles. The highest BCUT2D eigenvalue weighted by atomic mass is 16.3. The van der Waals surface area contributed by atoms with Crippen molar-refractivity contribution in [3.05, 3.63) is 0 Å². The van der Waals surface area contributed by atoms with Crippen molar-refractivity contribution in [1.82, 2.24) is 5.32 Å². The summed E-state index contributed by atoms with van der Waals surface area (Å²) in [6.45, 7) is 4.78. The third-order valence-corrected chi connectivity index (χ3v) is 1.55. The largest absolute Gasteiger partial charge is 0.396 e. The van der Waals surface area contributed by atoms with Crippen LogP contribution in [0.25, 0.3) is 0 Å². The number of nitrogens with zero attached hydrogens (tertiary/aromatic N) is 1. The summed E-state index contributed by atoms with van der Waals surface area (Å²) in [5.74, 6) is 0.0520. The average Bonchev–Trinajstić information content (AvgIpc) is 2.01. The van der Waals surface area contributed by atoms with Gasteiger partial charge in [0.15, 0.2) is 0 Å². The zero-order valence-electron chi connectivity index (χ0n) is 7.17. The maximum absolute atomic E-state index is 8.55. The Morgan fingerprint density at radius 2 is 2.18 bits per heavy atom. The van der Waals surface area contributed by atoms with Crippen molar-refractivity contribution < 1.29 is 5.11 Å². The zero-order chi connectivity index (χ0) is 8.69. The Balaban J connectivity index is 3.31. The molecular weight excluding hydrogens is 140 g/mol. The number of rotatable bonds is 5. The number of aliphatic hydroxyl groups is 1. The molecular formula is C8H16N2O. The second-order valence-electron chi connectivity index (χ2n) is 2.85. The Labute approximate surface area is 68.0 Å². The number of nitrogens with one attached hydrogen (secondary N) is 1. The first-order valence-electron chi connectivity index (χ1n) is 3.94. The van der Waals surface area contributed by atoms with Gasteiger partial charge >= 0.3 is 0 Å². The maximum Gasteiger partial charge on any atom is 0.0666 e. The van der Waals surface area contributed by atoms with Gasteiger partial charge in [0.05, 0.1) is 12.0 Å². The van der Waals surface area contributed by atoms with Crippen LogP contribution in [0.5, 0.6) is 0 Å². The van der Waals surface area contributed by atoms with E-state index < -0.39 is 0 Å². The van der Waals surface area contributed by atoms with E-state index in [2.05, 4.69) is 11.4 Å². The van der Waals surface area contributed by atoms with Gasteiger partial charge in [0, 0.05) is 19.2 Å². The van der Waals surface area contributed by atoms with Crippen LogP contribution in [0.4, 0.5) is 0 Å². The summed E-state index contributed by atoms with van der Waals surface area (Å²) in [5.41, 5.74) is 0. The van der Waals surface area contributed by atoms with E-state index in [0.29, 0.717) is 12.6 Å². The van der Waals surface area contributed by atoms with Crippen molar-refractivity contribution >= 4 is 0 Å². The molecule has 3 nitrogen and oxygen atoms in total. The Morgan fingerprint density at radius 1 is 1.55 bits per heavy atom. The summed E-state index contributed by atoms with van der Waals surface area (Å²) < 4.78 is 0. The van der Waals surface area contributed by atoms with Crippen LogP contribution < -0.4 is 5.32 Å². The fourth-order valence-electron chi connectivity index (χ4n) is 0.719. The molecule has 0 aliphatic rings. The van der Waals surface area contributed by atoms with Crippen LogP contribution in [-0.4, -0.2) is 24.3 Å². The molecule has 11 heavy (non-hydrogen) atoms. The number of hydrogen-bond donors (Lipinski definition) is 2. The molecule has 0 bridgehead atoms. The highest BCUT2D eigenvalue weighted by Crippen LogP contribution is 1.92. The van der Waals surface area contributed by atoms with Crippen molar-refractivity contribution in [2.75, 3.05) is 13.2 Å². The molecule has 0 aromatic rings. The lowest BCUT2D eigenvalue weighted by Crippen LogP contribution is -2.30. The van der Waals surface area contributed by atoms with Gasteiger partial charge in [-0.3, -0.25) is 0 Å². The van der Waals surface area contributed by atoms with Crippen LogP contribution in [0.2, 0.25) is 0 Å². The Bertz CT molecular complexity index is 131. The fourth-order valence-corrected chi connectivity index (χ4v) is 0.719. The Morgan fingerprint density at radius 3 is 2.64 bits per heavy atom. The normalized spacial score (nSPS) is 15.5. The molecule has 0 saturated heterocycles. The summed E-state index contributed by atoms with van der Waals surface area (Å²) in [5, 5.41) is 20.1.